The number of hydrogen-bond acceptors (Lipinski definition) is 4. The van der Waals surface area contributed by atoms with E-state index in [0.717, 1.165) is 12.0 Å². The monoisotopic (exact) mass is 214 g/mol. The van der Waals surface area contributed by atoms with Crippen molar-refractivity contribution in [1.29, 1.82) is 0 Å². The van der Waals surface area contributed by atoms with Crippen LogP contribution >= 0.6 is 0 Å². The van der Waals surface area contributed by atoms with Crippen molar-refractivity contribution in [2.24, 2.45) is 0 Å². The zero-order chi connectivity index (χ0) is 11.2. The molecular formula is C12H12N3O. The van der Waals surface area contributed by atoms with Crippen LogP contribution in [0.2, 0.25) is 0 Å². The van der Waals surface area contributed by atoms with Gasteiger partial charge in [-0.25, -0.2) is 0 Å². The maximum absolute atomic E-state index is 5.52. The second kappa shape index (κ2) is 5.21. The van der Waals surface area contributed by atoms with E-state index < -0.39 is 0 Å². The van der Waals surface area contributed by atoms with Gasteiger partial charge in [0.2, 0.25) is 0 Å². The van der Waals surface area contributed by atoms with Crippen molar-refractivity contribution in [3.05, 3.63) is 36.5 Å². The van der Waals surface area contributed by atoms with Gasteiger partial charge in [-0.1, -0.05) is 37.3 Å². The van der Waals surface area contributed by atoms with Gasteiger partial charge < -0.3 is 4.74 Å². The van der Waals surface area contributed by atoms with E-state index in [2.05, 4.69) is 21.6 Å². The quantitative estimate of drug-likeness (QED) is 0.782. The van der Waals surface area contributed by atoms with E-state index in [1.165, 1.54) is 0 Å². The third kappa shape index (κ3) is 2.34. The molecule has 0 amide bonds. The molecule has 0 atom stereocenters. The first kappa shape index (κ1) is 10.5. The molecule has 0 aliphatic carbocycles. The Labute approximate surface area is 94.3 Å². The highest BCUT2D eigenvalue weighted by atomic mass is 16.5. The van der Waals surface area contributed by atoms with Gasteiger partial charge in [-0.15, -0.1) is 10.2 Å². The van der Waals surface area contributed by atoms with Gasteiger partial charge in [0.25, 0.3) is 0 Å². The van der Waals surface area contributed by atoms with Crippen LogP contribution in [0.25, 0.3) is 11.3 Å². The molecule has 81 valence electrons. The van der Waals surface area contributed by atoms with E-state index in [4.69, 9.17) is 4.74 Å². The molecule has 1 aromatic carbocycles. The molecule has 0 saturated carbocycles. The molecule has 0 unspecified atom stereocenters. The second-order valence-electron chi connectivity index (χ2n) is 3.29. The molecule has 0 bridgehead atoms. The van der Waals surface area contributed by atoms with Crippen molar-refractivity contribution < 1.29 is 4.74 Å². The van der Waals surface area contributed by atoms with Crippen LogP contribution in [-0.4, -0.2) is 22.0 Å². The van der Waals surface area contributed by atoms with Gasteiger partial charge in [0.1, 0.15) is 5.69 Å². The highest BCUT2D eigenvalue weighted by Crippen LogP contribution is 2.25. The summed E-state index contributed by atoms with van der Waals surface area (Å²) in [6.07, 6.45) is 3.66. The van der Waals surface area contributed by atoms with Crippen LogP contribution in [0, 0.1) is 6.20 Å². The second-order valence-corrected chi connectivity index (χ2v) is 3.29. The van der Waals surface area contributed by atoms with Gasteiger partial charge in [-0.3, -0.25) is 0 Å². The molecule has 1 heterocycles. The van der Waals surface area contributed by atoms with E-state index >= 15 is 0 Å². The van der Waals surface area contributed by atoms with Crippen molar-refractivity contribution in [2.45, 2.75) is 13.3 Å². The van der Waals surface area contributed by atoms with E-state index in [9.17, 15) is 0 Å². The number of rotatable bonds is 4. The molecule has 4 heteroatoms. The molecule has 0 saturated heterocycles. The van der Waals surface area contributed by atoms with Gasteiger partial charge in [0, 0.05) is 5.56 Å². The first-order valence-corrected chi connectivity index (χ1v) is 5.21. The molecule has 0 aliphatic heterocycles. The number of benzene rings is 1. The van der Waals surface area contributed by atoms with Crippen LogP contribution in [0.3, 0.4) is 0 Å². The Hall–Kier alpha value is -1.97. The highest BCUT2D eigenvalue weighted by Gasteiger charge is 2.08. The van der Waals surface area contributed by atoms with Crippen LogP contribution in [0.5, 0.6) is 5.75 Å². The lowest BCUT2D eigenvalue weighted by Crippen LogP contribution is -2.01. The number of ether oxygens (including phenoxy) is 1. The first-order valence-electron chi connectivity index (χ1n) is 5.21. The normalized spacial score (nSPS) is 10.1. The summed E-state index contributed by atoms with van der Waals surface area (Å²) >= 11 is 0. The molecule has 2 rings (SSSR count). The summed E-state index contributed by atoms with van der Waals surface area (Å²) in [6.45, 7) is 2.67. The van der Waals surface area contributed by atoms with Crippen molar-refractivity contribution in [2.75, 3.05) is 6.61 Å². The molecule has 4 nitrogen and oxygen atoms in total. The molecule has 1 radical (unpaired) electrons. The number of aromatic nitrogens is 3. The third-order valence-electron chi connectivity index (χ3n) is 2.05. The summed E-state index contributed by atoms with van der Waals surface area (Å²) in [5.74, 6) is 0.558. The minimum Gasteiger partial charge on any atom is -0.489 e. The number of hydrogen-bond donors (Lipinski definition) is 0. The SMILES string of the molecule is CCCOc1[c]nnnc1-c1ccccc1. The lowest BCUT2D eigenvalue weighted by atomic mass is 10.1. The van der Waals surface area contributed by atoms with Gasteiger partial charge in [0.05, 0.1) is 6.61 Å². The Morgan fingerprint density at radius 3 is 2.81 bits per heavy atom. The highest BCUT2D eigenvalue weighted by molar-refractivity contribution is 5.64. The van der Waals surface area contributed by atoms with Crippen molar-refractivity contribution in [3.63, 3.8) is 0 Å². The molecule has 0 spiro atoms. The van der Waals surface area contributed by atoms with Crippen LogP contribution in [0.1, 0.15) is 13.3 Å². The predicted molar refractivity (Wildman–Crippen MR) is 59.9 cm³/mol. The predicted octanol–water partition coefficient (Wildman–Crippen LogP) is 2.13. The summed E-state index contributed by atoms with van der Waals surface area (Å²) in [7, 11) is 0. The summed E-state index contributed by atoms with van der Waals surface area (Å²) in [6, 6.07) is 9.75. The minimum absolute atomic E-state index is 0.558. The van der Waals surface area contributed by atoms with Crippen LogP contribution in [-0.2, 0) is 0 Å². The molecular weight excluding hydrogens is 202 g/mol. The first-order chi connectivity index (χ1) is 7.92. The smallest absolute Gasteiger partial charge is 0.177 e. The van der Waals surface area contributed by atoms with Gasteiger partial charge in [0.15, 0.2) is 11.9 Å². The Balaban J connectivity index is 2.33. The molecule has 0 N–H and O–H groups in total. The van der Waals surface area contributed by atoms with E-state index in [1.807, 2.05) is 37.3 Å². The van der Waals surface area contributed by atoms with Crippen molar-refractivity contribution in [3.8, 4) is 17.0 Å². The number of nitrogens with zero attached hydrogens (tertiary/aromatic N) is 3. The fraction of sp³-hybridized carbons (Fsp3) is 0.250. The van der Waals surface area contributed by atoms with Crippen molar-refractivity contribution in [1.82, 2.24) is 15.4 Å². The standard InChI is InChI=1S/C12H12N3O/c1-2-8-16-11-9-13-15-14-12(11)10-6-4-3-5-7-10/h3-7H,2,8H2,1H3. The summed E-state index contributed by atoms with van der Waals surface area (Å²) in [4.78, 5) is 0. The van der Waals surface area contributed by atoms with Crippen LogP contribution in [0.15, 0.2) is 30.3 Å². The third-order valence-corrected chi connectivity index (χ3v) is 2.05. The van der Waals surface area contributed by atoms with Crippen LogP contribution < -0.4 is 4.74 Å². The Bertz CT molecular complexity index is 445. The molecule has 0 aliphatic rings. The molecule has 2 aromatic rings. The maximum atomic E-state index is 5.52. The fourth-order valence-corrected chi connectivity index (χ4v) is 1.32. The van der Waals surface area contributed by atoms with Crippen LogP contribution in [0.4, 0.5) is 0 Å². The maximum Gasteiger partial charge on any atom is 0.177 e. The van der Waals surface area contributed by atoms with E-state index in [-0.39, 0.29) is 0 Å². The van der Waals surface area contributed by atoms with E-state index in [1.54, 1.807) is 0 Å². The summed E-state index contributed by atoms with van der Waals surface area (Å²) < 4.78 is 5.52. The van der Waals surface area contributed by atoms with Gasteiger partial charge in [-0.2, -0.15) is 0 Å². The lowest BCUT2D eigenvalue weighted by molar-refractivity contribution is 0.314. The summed E-state index contributed by atoms with van der Waals surface area (Å²) in [5, 5.41) is 11.2. The van der Waals surface area contributed by atoms with E-state index in [0.29, 0.717) is 18.1 Å². The Kier molecular flexibility index (Phi) is 3.43. The Morgan fingerprint density at radius 1 is 1.25 bits per heavy atom. The zero-order valence-corrected chi connectivity index (χ0v) is 9.05. The molecule has 16 heavy (non-hydrogen) atoms. The lowest BCUT2D eigenvalue weighted by Gasteiger charge is -2.07. The fourth-order valence-electron chi connectivity index (χ4n) is 1.32. The van der Waals surface area contributed by atoms with Gasteiger partial charge >= 0.3 is 0 Å². The zero-order valence-electron chi connectivity index (χ0n) is 9.05. The minimum atomic E-state index is 0.558. The van der Waals surface area contributed by atoms with Crippen molar-refractivity contribution >= 4 is 0 Å². The Morgan fingerprint density at radius 2 is 2.06 bits per heavy atom. The van der Waals surface area contributed by atoms with Gasteiger partial charge in [-0.05, 0) is 11.6 Å². The summed E-state index contributed by atoms with van der Waals surface area (Å²) in [5.41, 5.74) is 1.64. The molecule has 1 aromatic heterocycles. The molecule has 0 fully saturated rings. The topological polar surface area (TPSA) is 47.9 Å². The largest absolute Gasteiger partial charge is 0.489 e. The average molecular weight is 214 g/mol. The average Bonchev–Trinajstić information content (AvgIpc) is 2.38.